The molecule has 0 spiro atoms. The second-order valence-corrected chi connectivity index (χ2v) is 4.15. The van der Waals surface area contributed by atoms with Crippen LogP contribution in [-0.4, -0.2) is 21.0 Å². The summed E-state index contributed by atoms with van der Waals surface area (Å²) in [6.07, 6.45) is 3.12. The minimum Gasteiger partial charge on any atom is -0.359 e. The molecule has 0 saturated heterocycles. The Bertz CT molecular complexity index is 689. The standard InChI is InChI=1S/C14H12N4O2/c19-14(18-8-4-7-16-18)15-10-12-9-13(17-20-12)11-5-2-1-3-6-11/h1-9H,10H2,(H,15,19). The van der Waals surface area contributed by atoms with Crippen LogP contribution in [0.1, 0.15) is 5.76 Å². The monoisotopic (exact) mass is 268 g/mol. The SMILES string of the molecule is O=C(NCc1cc(-c2ccccc2)no1)n1cccn1. The largest absolute Gasteiger partial charge is 0.359 e. The minimum absolute atomic E-state index is 0.262. The Hall–Kier alpha value is -2.89. The Morgan fingerprint density at radius 3 is 2.85 bits per heavy atom. The van der Waals surface area contributed by atoms with Crippen molar-refractivity contribution >= 4 is 6.03 Å². The summed E-state index contributed by atoms with van der Waals surface area (Å²) in [7, 11) is 0. The number of amides is 1. The molecular weight excluding hydrogens is 256 g/mol. The van der Waals surface area contributed by atoms with Crippen LogP contribution in [0.4, 0.5) is 4.79 Å². The molecule has 0 radical (unpaired) electrons. The highest BCUT2D eigenvalue weighted by molar-refractivity contribution is 5.75. The van der Waals surface area contributed by atoms with Gasteiger partial charge in [0.1, 0.15) is 5.69 Å². The molecule has 0 atom stereocenters. The first-order chi connectivity index (χ1) is 9.83. The third kappa shape index (κ3) is 2.59. The summed E-state index contributed by atoms with van der Waals surface area (Å²) in [5, 5.41) is 10.5. The molecule has 0 unspecified atom stereocenters. The fourth-order valence-electron chi connectivity index (χ4n) is 1.77. The third-order valence-corrected chi connectivity index (χ3v) is 2.75. The van der Waals surface area contributed by atoms with E-state index in [1.54, 1.807) is 24.5 Å². The molecule has 6 heteroatoms. The molecule has 1 amide bonds. The van der Waals surface area contributed by atoms with E-state index in [2.05, 4.69) is 15.6 Å². The lowest BCUT2D eigenvalue weighted by Crippen LogP contribution is -2.28. The van der Waals surface area contributed by atoms with E-state index in [-0.39, 0.29) is 12.6 Å². The first-order valence-corrected chi connectivity index (χ1v) is 6.12. The second kappa shape index (κ2) is 5.40. The van der Waals surface area contributed by atoms with Gasteiger partial charge >= 0.3 is 6.03 Å². The van der Waals surface area contributed by atoms with Crippen molar-refractivity contribution in [1.29, 1.82) is 0 Å². The number of carbonyl (C=O) groups excluding carboxylic acids is 1. The topological polar surface area (TPSA) is 73.0 Å². The van der Waals surface area contributed by atoms with Gasteiger partial charge in [-0.2, -0.15) is 9.78 Å². The molecule has 0 aliphatic carbocycles. The minimum atomic E-state index is -0.312. The summed E-state index contributed by atoms with van der Waals surface area (Å²) < 4.78 is 6.41. The van der Waals surface area contributed by atoms with Crippen molar-refractivity contribution in [2.24, 2.45) is 0 Å². The van der Waals surface area contributed by atoms with Crippen LogP contribution in [0.5, 0.6) is 0 Å². The summed E-state index contributed by atoms with van der Waals surface area (Å²) in [6.45, 7) is 0.262. The molecule has 2 aromatic heterocycles. The highest BCUT2D eigenvalue weighted by Crippen LogP contribution is 2.18. The van der Waals surface area contributed by atoms with Crippen molar-refractivity contribution in [2.45, 2.75) is 6.54 Å². The molecule has 20 heavy (non-hydrogen) atoms. The number of aromatic nitrogens is 3. The Balaban J connectivity index is 1.65. The zero-order valence-electron chi connectivity index (χ0n) is 10.6. The van der Waals surface area contributed by atoms with E-state index in [4.69, 9.17) is 4.52 Å². The maximum atomic E-state index is 11.7. The second-order valence-electron chi connectivity index (χ2n) is 4.15. The zero-order chi connectivity index (χ0) is 13.8. The third-order valence-electron chi connectivity index (χ3n) is 2.75. The average Bonchev–Trinajstić information content (AvgIpc) is 3.17. The summed E-state index contributed by atoms with van der Waals surface area (Å²) in [5.41, 5.74) is 1.72. The van der Waals surface area contributed by atoms with Gasteiger partial charge in [0.2, 0.25) is 0 Å². The van der Waals surface area contributed by atoms with E-state index in [0.29, 0.717) is 5.76 Å². The van der Waals surface area contributed by atoms with Crippen LogP contribution in [-0.2, 0) is 6.54 Å². The Morgan fingerprint density at radius 2 is 2.10 bits per heavy atom. The molecule has 0 aliphatic heterocycles. The van der Waals surface area contributed by atoms with Crippen LogP contribution in [0, 0.1) is 0 Å². The molecule has 6 nitrogen and oxygen atoms in total. The van der Waals surface area contributed by atoms with E-state index in [9.17, 15) is 4.79 Å². The normalized spacial score (nSPS) is 10.4. The van der Waals surface area contributed by atoms with Gasteiger partial charge in [-0.3, -0.25) is 0 Å². The number of carbonyl (C=O) groups is 1. The van der Waals surface area contributed by atoms with Gasteiger partial charge in [0.05, 0.1) is 6.54 Å². The number of benzene rings is 1. The van der Waals surface area contributed by atoms with E-state index in [1.807, 2.05) is 30.3 Å². The maximum Gasteiger partial charge on any atom is 0.342 e. The number of hydrogen-bond acceptors (Lipinski definition) is 4. The molecule has 1 N–H and O–H groups in total. The molecule has 0 aliphatic rings. The molecule has 3 rings (SSSR count). The van der Waals surface area contributed by atoms with Crippen molar-refractivity contribution < 1.29 is 9.32 Å². The van der Waals surface area contributed by atoms with Crippen molar-refractivity contribution in [3.05, 3.63) is 60.6 Å². The van der Waals surface area contributed by atoms with Gasteiger partial charge in [0, 0.05) is 24.0 Å². The van der Waals surface area contributed by atoms with Crippen LogP contribution in [0.15, 0.2) is 59.4 Å². The lowest BCUT2D eigenvalue weighted by atomic mass is 10.1. The van der Waals surface area contributed by atoms with Crippen molar-refractivity contribution in [3.63, 3.8) is 0 Å². The van der Waals surface area contributed by atoms with E-state index >= 15 is 0 Å². The van der Waals surface area contributed by atoms with Gasteiger partial charge in [-0.15, -0.1) is 0 Å². The summed E-state index contributed by atoms with van der Waals surface area (Å²) in [6, 6.07) is 12.9. The summed E-state index contributed by atoms with van der Waals surface area (Å²) in [4.78, 5) is 11.7. The van der Waals surface area contributed by atoms with Gasteiger partial charge in [-0.25, -0.2) is 4.79 Å². The molecule has 2 heterocycles. The zero-order valence-corrected chi connectivity index (χ0v) is 10.6. The van der Waals surface area contributed by atoms with E-state index < -0.39 is 0 Å². The van der Waals surface area contributed by atoms with Crippen LogP contribution in [0.3, 0.4) is 0 Å². The van der Waals surface area contributed by atoms with Crippen LogP contribution < -0.4 is 5.32 Å². The molecule has 0 fully saturated rings. The lowest BCUT2D eigenvalue weighted by Gasteiger charge is -2.01. The number of rotatable bonds is 3. The number of nitrogens with one attached hydrogen (secondary N) is 1. The van der Waals surface area contributed by atoms with Gasteiger partial charge in [-0.05, 0) is 6.07 Å². The van der Waals surface area contributed by atoms with Crippen molar-refractivity contribution in [3.8, 4) is 11.3 Å². The first kappa shape index (κ1) is 12.2. The summed E-state index contributed by atoms with van der Waals surface area (Å²) in [5.74, 6) is 0.587. The highest BCUT2D eigenvalue weighted by Gasteiger charge is 2.08. The molecule has 3 aromatic rings. The molecule has 1 aromatic carbocycles. The van der Waals surface area contributed by atoms with Crippen LogP contribution in [0.2, 0.25) is 0 Å². The fourth-order valence-corrected chi connectivity index (χ4v) is 1.77. The van der Waals surface area contributed by atoms with Gasteiger partial charge in [-0.1, -0.05) is 35.5 Å². The van der Waals surface area contributed by atoms with Crippen molar-refractivity contribution in [1.82, 2.24) is 20.3 Å². The average molecular weight is 268 g/mol. The smallest absolute Gasteiger partial charge is 0.342 e. The van der Waals surface area contributed by atoms with Crippen LogP contribution >= 0.6 is 0 Å². The Kier molecular flexibility index (Phi) is 3.28. The lowest BCUT2D eigenvalue weighted by molar-refractivity contribution is 0.237. The molecule has 100 valence electrons. The van der Waals surface area contributed by atoms with Gasteiger partial charge in [0.25, 0.3) is 0 Å². The van der Waals surface area contributed by atoms with Gasteiger partial charge < -0.3 is 9.84 Å². The molecule has 0 bridgehead atoms. The Labute approximate surface area is 115 Å². The highest BCUT2D eigenvalue weighted by atomic mass is 16.5. The number of hydrogen-bond donors (Lipinski definition) is 1. The van der Waals surface area contributed by atoms with E-state index in [0.717, 1.165) is 11.3 Å². The molecular formula is C14H12N4O2. The quantitative estimate of drug-likeness (QED) is 0.791. The number of nitrogens with zero attached hydrogens (tertiary/aromatic N) is 3. The molecule has 0 saturated carbocycles. The van der Waals surface area contributed by atoms with Crippen LogP contribution in [0.25, 0.3) is 11.3 Å². The van der Waals surface area contributed by atoms with Gasteiger partial charge in [0.15, 0.2) is 5.76 Å². The predicted octanol–water partition coefficient (Wildman–Crippen LogP) is 2.30. The predicted molar refractivity (Wildman–Crippen MR) is 71.8 cm³/mol. The van der Waals surface area contributed by atoms with E-state index in [1.165, 1.54) is 4.68 Å². The fraction of sp³-hybridized carbons (Fsp3) is 0.0714. The Morgan fingerprint density at radius 1 is 1.25 bits per heavy atom. The summed E-state index contributed by atoms with van der Waals surface area (Å²) >= 11 is 0. The maximum absolute atomic E-state index is 11.7. The van der Waals surface area contributed by atoms with Crippen molar-refractivity contribution in [2.75, 3.05) is 0 Å². The first-order valence-electron chi connectivity index (χ1n) is 6.12.